The van der Waals surface area contributed by atoms with Crippen molar-refractivity contribution in [3.8, 4) is 0 Å². The van der Waals surface area contributed by atoms with E-state index >= 15 is 0 Å². The fourth-order valence-corrected chi connectivity index (χ4v) is 2.12. The molecule has 0 saturated heterocycles. The van der Waals surface area contributed by atoms with E-state index in [0.717, 1.165) is 6.42 Å². The Bertz CT molecular complexity index is 581. The Morgan fingerprint density at radius 2 is 2.09 bits per heavy atom. The largest absolute Gasteiger partial charge is 0.472 e. The first-order chi connectivity index (χ1) is 10.7. The summed E-state index contributed by atoms with van der Waals surface area (Å²) < 4.78 is 4.84. The molecule has 3 N–H and O–H groups in total. The lowest BCUT2D eigenvalue weighted by molar-refractivity contribution is 0.0914. The number of carbonyl (C=O) groups is 1. The molecule has 1 aromatic carbocycles. The molecule has 1 aromatic heterocycles. The summed E-state index contributed by atoms with van der Waals surface area (Å²) in [7, 11) is 0. The summed E-state index contributed by atoms with van der Waals surface area (Å²) in [6, 6.07) is 9.93. The fourth-order valence-electron chi connectivity index (χ4n) is 2.12. The lowest BCUT2D eigenvalue weighted by Gasteiger charge is -2.13. The number of hydrogen-bond donors (Lipinski definition) is 3. The van der Waals surface area contributed by atoms with Crippen molar-refractivity contribution in [3.05, 3.63) is 59.5 Å². The van der Waals surface area contributed by atoms with Crippen LogP contribution in [-0.4, -0.2) is 30.2 Å². The minimum atomic E-state index is -0.634. The number of amides is 1. The van der Waals surface area contributed by atoms with Gasteiger partial charge in [0, 0.05) is 19.6 Å². The number of benzene rings is 1. The highest BCUT2D eigenvalue weighted by molar-refractivity contribution is 5.93. The van der Waals surface area contributed by atoms with Gasteiger partial charge in [0.25, 0.3) is 5.91 Å². The predicted molar refractivity (Wildman–Crippen MR) is 84.6 cm³/mol. The third-order valence-electron chi connectivity index (χ3n) is 3.39. The first-order valence-electron chi connectivity index (χ1n) is 7.46. The third kappa shape index (κ3) is 5.02. The van der Waals surface area contributed by atoms with E-state index < -0.39 is 6.10 Å². The second-order valence-electron chi connectivity index (χ2n) is 5.18. The number of nitrogens with one attached hydrogen (secondary N) is 2. The van der Waals surface area contributed by atoms with Crippen molar-refractivity contribution in [2.75, 3.05) is 13.1 Å². The summed E-state index contributed by atoms with van der Waals surface area (Å²) in [6.45, 7) is 3.44. The highest BCUT2D eigenvalue weighted by Gasteiger charge is 2.09. The van der Waals surface area contributed by atoms with Crippen LogP contribution < -0.4 is 10.6 Å². The Balaban J connectivity index is 1.67. The van der Waals surface area contributed by atoms with Gasteiger partial charge in [-0.15, -0.1) is 0 Å². The van der Waals surface area contributed by atoms with E-state index in [-0.39, 0.29) is 12.5 Å². The number of aliphatic hydroxyl groups is 1. The monoisotopic (exact) mass is 302 g/mol. The first-order valence-corrected chi connectivity index (χ1v) is 7.46. The zero-order chi connectivity index (χ0) is 15.8. The average molecular weight is 302 g/mol. The SMILES string of the molecule is CCc1cccc(CNCC(O)CNC(=O)c2ccoc2)c1. The molecule has 5 nitrogen and oxygen atoms in total. The summed E-state index contributed by atoms with van der Waals surface area (Å²) in [4.78, 5) is 11.7. The lowest BCUT2D eigenvalue weighted by atomic mass is 10.1. The van der Waals surface area contributed by atoms with E-state index in [1.165, 1.54) is 23.7 Å². The number of aryl methyl sites for hydroxylation is 1. The number of furan rings is 1. The molecule has 0 aliphatic carbocycles. The zero-order valence-corrected chi connectivity index (χ0v) is 12.7. The molecule has 2 aromatic rings. The molecule has 0 spiro atoms. The van der Waals surface area contributed by atoms with Gasteiger partial charge in [0.1, 0.15) is 6.26 Å². The fraction of sp³-hybridized carbons (Fsp3) is 0.353. The topological polar surface area (TPSA) is 74.5 Å². The average Bonchev–Trinajstić information content (AvgIpc) is 3.07. The second kappa shape index (κ2) is 8.36. The minimum Gasteiger partial charge on any atom is -0.472 e. The number of hydrogen-bond acceptors (Lipinski definition) is 4. The molecule has 5 heteroatoms. The summed E-state index contributed by atoms with van der Waals surface area (Å²) in [6.07, 6.45) is 3.19. The smallest absolute Gasteiger partial charge is 0.254 e. The Labute approximate surface area is 130 Å². The van der Waals surface area contributed by atoms with Crippen LogP contribution in [0.25, 0.3) is 0 Å². The molecule has 0 saturated carbocycles. The van der Waals surface area contributed by atoms with Gasteiger partial charge in [0.15, 0.2) is 0 Å². The van der Waals surface area contributed by atoms with Crippen LogP contribution in [0.1, 0.15) is 28.4 Å². The quantitative estimate of drug-likeness (QED) is 0.694. The Morgan fingerprint density at radius 3 is 2.82 bits per heavy atom. The molecule has 0 radical (unpaired) electrons. The molecule has 1 atom stereocenters. The molecule has 22 heavy (non-hydrogen) atoms. The molecule has 0 aliphatic rings. The maximum absolute atomic E-state index is 11.7. The number of carbonyl (C=O) groups excluding carboxylic acids is 1. The van der Waals surface area contributed by atoms with Crippen molar-refractivity contribution in [1.82, 2.24) is 10.6 Å². The van der Waals surface area contributed by atoms with Crippen LogP contribution >= 0.6 is 0 Å². The van der Waals surface area contributed by atoms with Crippen LogP contribution in [0.2, 0.25) is 0 Å². The maximum atomic E-state index is 11.7. The van der Waals surface area contributed by atoms with E-state index in [4.69, 9.17) is 4.42 Å². The van der Waals surface area contributed by atoms with E-state index in [1.54, 1.807) is 6.07 Å². The van der Waals surface area contributed by atoms with Crippen LogP contribution in [-0.2, 0) is 13.0 Å². The second-order valence-corrected chi connectivity index (χ2v) is 5.18. The Morgan fingerprint density at radius 1 is 1.27 bits per heavy atom. The van der Waals surface area contributed by atoms with Crippen LogP contribution in [0.15, 0.2) is 47.3 Å². The first kappa shape index (κ1) is 16.3. The summed E-state index contributed by atoms with van der Waals surface area (Å²) >= 11 is 0. The summed E-state index contributed by atoms with van der Waals surface area (Å²) in [5, 5.41) is 15.7. The normalized spacial score (nSPS) is 12.1. The summed E-state index contributed by atoms with van der Waals surface area (Å²) in [5.74, 6) is -0.247. The van der Waals surface area contributed by atoms with Gasteiger partial charge in [-0.1, -0.05) is 31.2 Å². The lowest BCUT2D eigenvalue weighted by Crippen LogP contribution is -2.37. The van der Waals surface area contributed by atoms with E-state index in [2.05, 4.69) is 35.8 Å². The van der Waals surface area contributed by atoms with E-state index in [0.29, 0.717) is 18.7 Å². The van der Waals surface area contributed by atoms with Gasteiger partial charge < -0.3 is 20.2 Å². The van der Waals surface area contributed by atoms with Crippen LogP contribution in [0.5, 0.6) is 0 Å². The molecule has 0 fully saturated rings. The van der Waals surface area contributed by atoms with Crippen molar-refractivity contribution in [1.29, 1.82) is 0 Å². The molecule has 0 bridgehead atoms. The Kier molecular flexibility index (Phi) is 6.18. The van der Waals surface area contributed by atoms with Gasteiger partial charge in [-0.05, 0) is 23.6 Å². The van der Waals surface area contributed by atoms with Gasteiger partial charge in [-0.25, -0.2) is 0 Å². The van der Waals surface area contributed by atoms with Crippen LogP contribution in [0.4, 0.5) is 0 Å². The highest BCUT2D eigenvalue weighted by atomic mass is 16.3. The van der Waals surface area contributed by atoms with Crippen molar-refractivity contribution in [3.63, 3.8) is 0 Å². The number of rotatable bonds is 8. The summed E-state index contributed by atoms with van der Waals surface area (Å²) in [5.41, 5.74) is 2.94. The van der Waals surface area contributed by atoms with E-state index in [9.17, 15) is 9.90 Å². The maximum Gasteiger partial charge on any atom is 0.254 e. The zero-order valence-electron chi connectivity index (χ0n) is 12.7. The molecular weight excluding hydrogens is 280 g/mol. The standard InChI is InChI=1S/C17H22N2O3/c1-2-13-4-3-5-14(8-13)9-18-10-16(20)11-19-17(21)15-6-7-22-12-15/h3-8,12,16,18,20H,2,9-11H2,1H3,(H,19,21). The van der Waals surface area contributed by atoms with Gasteiger partial charge in [-0.3, -0.25) is 4.79 Å². The van der Waals surface area contributed by atoms with Crippen molar-refractivity contribution < 1.29 is 14.3 Å². The third-order valence-corrected chi connectivity index (χ3v) is 3.39. The van der Waals surface area contributed by atoms with Crippen LogP contribution in [0.3, 0.4) is 0 Å². The van der Waals surface area contributed by atoms with Gasteiger partial charge in [0.05, 0.1) is 17.9 Å². The van der Waals surface area contributed by atoms with Crippen molar-refractivity contribution in [2.24, 2.45) is 0 Å². The highest BCUT2D eigenvalue weighted by Crippen LogP contribution is 2.05. The molecule has 1 unspecified atom stereocenters. The molecule has 2 rings (SSSR count). The molecule has 118 valence electrons. The minimum absolute atomic E-state index is 0.200. The molecule has 0 aliphatic heterocycles. The van der Waals surface area contributed by atoms with Gasteiger partial charge in [0.2, 0.25) is 0 Å². The van der Waals surface area contributed by atoms with Gasteiger partial charge >= 0.3 is 0 Å². The van der Waals surface area contributed by atoms with Crippen LogP contribution in [0, 0.1) is 0 Å². The van der Waals surface area contributed by atoms with Crippen molar-refractivity contribution in [2.45, 2.75) is 26.0 Å². The Hall–Kier alpha value is -2.11. The number of aliphatic hydroxyl groups excluding tert-OH is 1. The molecular formula is C17H22N2O3. The molecule has 1 heterocycles. The predicted octanol–water partition coefficient (Wildman–Crippen LogP) is 1.72. The van der Waals surface area contributed by atoms with Gasteiger partial charge in [-0.2, -0.15) is 0 Å². The van der Waals surface area contributed by atoms with E-state index in [1.807, 2.05) is 6.07 Å². The molecule has 1 amide bonds. The van der Waals surface area contributed by atoms with Crippen molar-refractivity contribution >= 4 is 5.91 Å².